The number of aliphatic imine (C=N–C) groups is 1. The molecular weight excluding hydrogens is 217 g/mol. The lowest BCUT2D eigenvalue weighted by atomic mass is 10.00. The summed E-state index contributed by atoms with van der Waals surface area (Å²) in [6, 6.07) is 2.93. The molecule has 1 fully saturated rings. The van der Waals surface area contributed by atoms with E-state index < -0.39 is 11.4 Å². The van der Waals surface area contributed by atoms with E-state index in [4.69, 9.17) is 11.6 Å². The summed E-state index contributed by atoms with van der Waals surface area (Å²) in [5.74, 6) is -0.441. The van der Waals surface area contributed by atoms with Crippen molar-refractivity contribution in [2.24, 2.45) is 4.99 Å². The summed E-state index contributed by atoms with van der Waals surface area (Å²) >= 11 is 5.70. The van der Waals surface area contributed by atoms with Crippen molar-refractivity contribution in [2.75, 3.05) is 0 Å². The highest BCUT2D eigenvalue weighted by atomic mass is 35.5. The van der Waals surface area contributed by atoms with Crippen molar-refractivity contribution in [1.29, 1.82) is 0 Å². The smallest absolute Gasteiger partial charge is 0.211 e. The fourth-order valence-electron chi connectivity index (χ4n) is 1.79. The topological polar surface area (TPSA) is 29.4 Å². The highest BCUT2D eigenvalue weighted by Crippen LogP contribution is 2.50. The molecule has 15 heavy (non-hydrogen) atoms. The Labute approximate surface area is 91.8 Å². The largest absolute Gasteiger partial charge is 0.235 e. The summed E-state index contributed by atoms with van der Waals surface area (Å²) in [5, 5.41) is 0.0722. The summed E-state index contributed by atoms with van der Waals surface area (Å²) < 4.78 is 13.1. The third kappa shape index (κ3) is 1.69. The van der Waals surface area contributed by atoms with Crippen LogP contribution in [0.1, 0.15) is 24.0 Å². The molecule has 0 amide bonds. The molecule has 2 rings (SSSR count). The van der Waals surface area contributed by atoms with Gasteiger partial charge < -0.3 is 0 Å². The molecule has 0 aromatic heterocycles. The Balaban J connectivity index is 2.54. The number of rotatable bonds is 2. The number of nitrogens with zero attached hydrogens (tertiary/aromatic N) is 1. The Bertz CT molecular complexity index is 462. The maximum absolute atomic E-state index is 13.1. The van der Waals surface area contributed by atoms with Gasteiger partial charge in [-0.3, -0.25) is 0 Å². The molecule has 0 saturated heterocycles. The number of carbonyl (C=O) groups excluding carboxylic acids is 1. The van der Waals surface area contributed by atoms with Gasteiger partial charge in [-0.05, 0) is 43.0 Å². The molecule has 1 aliphatic rings. The fourth-order valence-corrected chi connectivity index (χ4v) is 1.96. The molecule has 0 aliphatic heterocycles. The maximum atomic E-state index is 13.1. The van der Waals surface area contributed by atoms with Crippen LogP contribution in [0.4, 0.5) is 4.39 Å². The third-order valence-corrected chi connectivity index (χ3v) is 3.04. The first-order valence-corrected chi connectivity index (χ1v) is 5.02. The van der Waals surface area contributed by atoms with Crippen molar-refractivity contribution in [1.82, 2.24) is 0 Å². The van der Waals surface area contributed by atoms with E-state index in [9.17, 15) is 9.18 Å². The first-order chi connectivity index (χ1) is 7.09. The minimum absolute atomic E-state index is 0.0722. The van der Waals surface area contributed by atoms with Crippen molar-refractivity contribution in [3.63, 3.8) is 0 Å². The number of halogens is 2. The molecule has 1 aromatic carbocycles. The maximum Gasteiger partial charge on any atom is 0.235 e. The van der Waals surface area contributed by atoms with Gasteiger partial charge in [0.15, 0.2) is 0 Å². The zero-order chi connectivity index (χ0) is 11.1. The molecular formula is C11H9ClFNO. The van der Waals surface area contributed by atoms with Crippen molar-refractivity contribution < 1.29 is 9.18 Å². The second-order valence-electron chi connectivity index (χ2n) is 3.82. The van der Waals surface area contributed by atoms with Gasteiger partial charge in [0.1, 0.15) is 5.82 Å². The Hall–Kier alpha value is -1.18. The fraction of sp³-hybridized carbons (Fsp3) is 0.364. The molecule has 78 valence electrons. The molecule has 1 saturated carbocycles. The van der Waals surface area contributed by atoms with E-state index in [1.807, 2.05) is 0 Å². The minimum atomic E-state index is -0.483. The number of hydrogen-bond donors (Lipinski definition) is 0. The van der Waals surface area contributed by atoms with Crippen LogP contribution in [-0.4, -0.2) is 6.08 Å². The van der Waals surface area contributed by atoms with Crippen LogP contribution in [-0.2, 0) is 10.3 Å². The molecule has 0 bridgehead atoms. The molecule has 0 spiro atoms. The van der Waals surface area contributed by atoms with E-state index in [2.05, 4.69) is 4.99 Å². The van der Waals surface area contributed by atoms with E-state index in [-0.39, 0.29) is 5.02 Å². The first kappa shape index (κ1) is 10.3. The van der Waals surface area contributed by atoms with Crippen LogP contribution in [0.15, 0.2) is 17.1 Å². The van der Waals surface area contributed by atoms with E-state index in [0.29, 0.717) is 0 Å². The Morgan fingerprint density at radius 1 is 1.53 bits per heavy atom. The number of benzene rings is 1. The number of hydrogen-bond acceptors (Lipinski definition) is 2. The van der Waals surface area contributed by atoms with Crippen LogP contribution >= 0.6 is 11.6 Å². The Kier molecular flexibility index (Phi) is 2.37. The predicted octanol–water partition coefficient (Wildman–Crippen LogP) is 3.11. The lowest BCUT2D eigenvalue weighted by Crippen LogP contribution is -2.05. The van der Waals surface area contributed by atoms with Gasteiger partial charge >= 0.3 is 0 Å². The van der Waals surface area contributed by atoms with Crippen LogP contribution in [0.5, 0.6) is 0 Å². The minimum Gasteiger partial charge on any atom is -0.211 e. The number of aryl methyl sites for hydroxylation is 1. The monoisotopic (exact) mass is 225 g/mol. The Morgan fingerprint density at radius 3 is 2.73 bits per heavy atom. The van der Waals surface area contributed by atoms with Crippen LogP contribution in [0.3, 0.4) is 0 Å². The highest BCUT2D eigenvalue weighted by molar-refractivity contribution is 6.30. The zero-order valence-corrected chi connectivity index (χ0v) is 8.94. The van der Waals surface area contributed by atoms with Gasteiger partial charge in [0.25, 0.3) is 0 Å². The van der Waals surface area contributed by atoms with Crippen LogP contribution < -0.4 is 0 Å². The Morgan fingerprint density at radius 2 is 2.20 bits per heavy atom. The SMILES string of the molecule is Cc1cc(F)c(Cl)cc1C1(N=C=O)CC1. The van der Waals surface area contributed by atoms with Crippen LogP contribution in [0, 0.1) is 12.7 Å². The second kappa shape index (κ2) is 3.44. The average molecular weight is 226 g/mol. The van der Waals surface area contributed by atoms with Gasteiger partial charge in [0.2, 0.25) is 6.08 Å². The van der Waals surface area contributed by atoms with E-state index in [1.54, 1.807) is 19.1 Å². The molecule has 0 unspecified atom stereocenters. The molecule has 1 aliphatic carbocycles. The zero-order valence-electron chi connectivity index (χ0n) is 8.18. The van der Waals surface area contributed by atoms with E-state index in [1.165, 1.54) is 6.07 Å². The lowest BCUT2D eigenvalue weighted by molar-refractivity contribution is 0.556. The molecule has 2 nitrogen and oxygen atoms in total. The summed E-state index contributed by atoms with van der Waals surface area (Å²) in [5.41, 5.74) is 1.12. The first-order valence-electron chi connectivity index (χ1n) is 4.64. The van der Waals surface area contributed by atoms with Gasteiger partial charge in [0, 0.05) is 0 Å². The van der Waals surface area contributed by atoms with Crippen molar-refractivity contribution in [3.05, 3.63) is 34.1 Å². The molecule has 4 heteroatoms. The van der Waals surface area contributed by atoms with E-state index >= 15 is 0 Å². The summed E-state index contributed by atoms with van der Waals surface area (Å²) in [6.45, 7) is 1.79. The molecule has 0 atom stereocenters. The molecule has 0 N–H and O–H groups in total. The van der Waals surface area contributed by atoms with Crippen molar-refractivity contribution >= 4 is 17.7 Å². The van der Waals surface area contributed by atoms with Gasteiger partial charge in [-0.25, -0.2) is 9.18 Å². The molecule has 0 radical (unpaired) electrons. The molecule has 1 aromatic rings. The van der Waals surface area contributed by atoms with Crippen molar-refractivity contribution in [2.45, 2.75) is 25.3 Å². The highest BCUT2D eigenvalue weighted by Gasteiger charge is 2.46. The standard InChI is InChI=1S/C11H9ClFNO/c1-7-4-10(13)9(12)5-8(7)11(2-3-11)14-6-15/h4-5H,2-3H2,1H3. The van der Waals surface area contributed by atoms with Crippen molar-refractivity contribution in [3.8, 4) is 0 Å². The predicted molar refractivity (Wildman–Crippen MR) is 55.2 cm³/mol. The third-order valence-electron chi connectivity index (χ3n) is 2.75. The lowest BCUT2D eigenvalue weighted by Gasteiger charge is -2.12. The molecule has 0 heterocycles. The quantitative estimate of drug-likeness (QED) is 0.562. The van der Waals surface area contributed by atoms with E-state index in [0.717, 1.165) is 24.0 Å². The summed E-state index contributed by atoms with van der Waals surface area (Å²) in [4.78, 5) is 14.1. The van der Waals surface area contributed by atoms with Gasteiger partial charge in [0.05, 0.1) is 10.6 Å². The van der Waals surface area contributed by atoms with Gasteiger partial charge in [-0.2, -0.15) is 4.99 Å². The average Bonchev–Trinajstić information content (AvgIpc) is 2.93. The number of isocyanates is 1. The summed E-state index contributed by atoms with van der Waals surface area (Å²) in [7, 11) is 0. The normalized spacial score (nSPS) is 17.0. The second-order valence-corrected chi connectivity index (χ2v) is 4.22. The van der Waals surface area contributed by atoms with Gasteiger partial charge in [-0.15, -0.1) is 0 Å². The summed E-state index contributed by atoms with van der Waals surface area (Å²) in [6.07, 6.45) is 3.16. The van der Waals surface area contributed by atoms with Crippen LogP contribution in [0.2, 0.25) is 5.02 Å². The van der Waals surface area contributed by atoms with Gasteiger partial charge in [-0.1, -0.05) is 11.6 Å². The van der Waals surface area contributed by atoms with Crippen LogP contribution in [0.25, 0.3) is 0 Å².